The number of fused-ring (bicyclic) bond motifs is 3. The summed E-state index contributed by atoms with van der Waals surface area (Å²) in [7, 11) is 0. The van der Waals surface area contributed by atoms with E-state index in [0.29, 0.717) is 32.6 Å². The zero-order valence-corrected chi connectivity index (χ0v) is 19.6. The van der Waals surface area contributed by atoms with Gasteiger partial charge in [-0.05, 0) is 48.9 Å². The van der Waals surface area contributed by atoms with Crippen LogP contribution in [-0.2, 0) is 6.18 Å². The molecule has 4 aromatic rings. The highest BCUT2D eigenvalue weighted by Crippen LogP contribution is 2.35. The second-order valence-electron chi connectivity index (χ2n) is 8.13. The third-order valence-corrected chi connectivity index (χ3v) is 6.45. The fraction of sp³-hybridized carbons (Fsp3) is 0.250. The Morgan fingerprint density at radius 2 is 1.79 bits per heavy atom. The molecule has 3 heterocycles. The Hall–Kier alpha value is -3.27. The Labute approximate surface area is 202 Å². The van der Waals surface area contributed by atoms with Crippen molar-refractivity contribution in [2.75, 3.05) is 36.4 Å². The van der Waals surface area contributed by atoms with Crippen molar-refractivity contribution in [1.29, 1.82) is 0 Å². The third-order valence-electron chi connectivity index (χ3n) is 5.96. The summed E-state index contributed by atoms with van der Waals surface area (Å²) in [6, 6.07) is 14.4. The molecule has 0 unspecified atom stereocenters. The van der Waals surface area contributed by atoms with Crippen LogP contribution in [0.3, 0.4) is 0 Å². The van der Waals surface area contributed by atoms with E-state index in [0.717, 1.165) is 32.9 Å². The molecule has 0 spiro atoms. The van der Waals surface area contributed by atoms with E-state index in [-0.39, 0.29) is 5.69 Å². The maximum absolute atomic E-state index is 13.3. The lowest BCUT2D eigenvalue weighted by Crippen LogP contribution is -2.38. The maximum Gasteiger partial charge on any atom is 0.418 e. The summed E-state index contributed by atoms with van der Waals surface area (Å²) in [5.74, 6) is 0.820. The first-order valence-electron chi connectivity index (χ1n) is 10.8. The fourth-order valence-electron chi connectivity index (χ4n) is 4.33. The van der Waals surface area contributed by atoms with Gasteiger partial charge in [0.15, 0.2) is 5.82 Å². The van der Waals surface area contributed by atoms with Gasteiger partial charge in [-0.3, -0.25) is 0 Å². The third kappa shape index (κ3) is 4.29. The number of carbonyl (C=O) groups is 1. The van der Waals surface area contributed by atoms with Gasteiger partial charge in [-0.2, -0.15) is 13.2 Å². The minimum absolute atomic E-state index is 0.238. The van der Waals surface area contributed by atoms with Gasteiger partial charge in [0.25, 0.3) is 0 Å². The van der Waals surface area contributed by atoms with Crippen LogP contribution in [0.4, 0.5) is 29.5 Å². The molecular weight excluding hydrogens is 511 g/mol. The van der Waals surface area contributed by atoms with Crippen LogP contribution in [0.2, 0.25) is 0 Å². The molecule has 0 atom stereocenters. The largest absolute Gasteiger partial charge is 0.418 e. The first-order chi connectivity index (χ1) is 16.3. The number of rotatable bonds is 2. The number of urea groups is 1. The molecular formula is C24H21BrF3N5O. The smallest absolute Gasteiger partial charge is 0.353 e. The van der Waals surface area contributed by atoms with Gasteiger partial charge in [-0.1, -0.05) is 28.1 Å². The van der Waals surface area contributed by atoms with Crippen molar-refractivity contribution >= 4 is 50.0 Å². The summed E-state index contributed by atoms with van der Waals surface area (Å²) >= 11 is 3.50. The highest BCUT2D eigenvalue weighted by atomic mass is 79.9. The minimum atomic E-state index is -4.54. The van der Waals surface area contributed by atoms with Crippen molar-refractivity contribution in [3.05, 3.63) is 70.8 Å². The van der Waals surface area contributed by atoms with Crippen LogP contribution in [0, 0.1) is 0 Å². The van der Waals surface area contributed by atoms with Gasteiger partial charge in [-0.15, -0.1) is 0 Å². The zero-order valence-electron chi connectivity index (χ0n) is 18.0. The lowest BCUT2D eigenvalue weighted by molar-refractivity contribution is -0.136. The molecule has 2 aromatic carbocycles. The molecule has 0 saturated carbocycles. The highest BCUT2D eigenvalue weighted by Gasteiger charge is 2.34. The van der Waals surface area contributed by atoms with Crippen LogP contribution in [0.25, 0.3) is 16.6 Å². The number of amides is 2. The average molecular weight is 532 g/mol. The van der Waals surface area contributed by atoms with E-state index < -0.39 is 17.8 Å². The first-order valence-corrected chi connectivity index (χ1v) is 11.6. The van der Waals surface area contributed by atoms with Gasteiger partial charge in [-0.25, -0.2) is 9.78 Å². The summed E-state index contributed by atoms with van der Waals surface area (Å²) in [6.07, 6.45) is -1.88. The van der Waals surface area contributed by atoms with E-state index in [9.17, 15) is 18.0 Å². The normalized spacial score (nSPS) is 15.1. The fourth-order valence-corrected chi connectivity index (χ4v) is 4.68. The molecule has 1 fully saturated rings. The van der Waals surface area contributed by atoms with Crippen LogP contribution < -0.4 is 10.2 Å². The van der Waals surface area contributed by atoms with E-state index in [1.54, 1.807) is 4.90 Å². The number of nitrogens with zero attached hydrogens (tertiary/aromatic N) is 4. The molecule has 0 bridgehead atoms. The number of alkyl halides is 3. The Kier molecular flexibility index (Phi) is 5.85. The Balaban J connectivity index is 1.37. The number of para-hydroxylation sites is 1. The van der Waals surface area contributed by atoms with Crippen LogP contribution in [0.5, 0.6) is 0 Å². The van der Waals surface area contributed by atoms with Crippen molar-refractivity contribution in [1.82, 2.24) is 14.3 Å². The number of aromatic nitrogens is 2. The Bertz CT molecular complexity index is 1370. The molecule has 34 heavy (non-hydrogen) atoms. The molecule has 2 amide bonds. The SMILES string of the molecule is O=C(Nc1ccccc1C(F)(F)F)N1CCCN(c2nc3cc(Br)ccc3n3cccc23)CC1. The molecule has 0 aliphatic carbocycles. The van der Waals surface area contributed by atoms with E-state index >= 15 is 0 Å². The van der Waals surface area contributed by atoms with Gasteiger partial charge in [0.2, 0.25) is 0 Å². The monoisotopic (exact) mass is 531 g/mol. The lowest BCUT2D eigenvalue weighted by Gasteiger charge is -2.24. The average Bonchev–Trinajstić information content (AvgIpc) is 3.16. The van der Waals surface area contributed by atoms with Crippen LogP contribution >= 0.6 is 15.9 Å². The van der Waals surface area contributed by atoms with Crippen LogP contribution in [-0.4, -0.2) is 46.5 Å². The van der Waals surface area contributed by atoms with Gasteiger partial charge in [0.1, 0.15) is 0 Å². The summed E-state index contributed by atoms with van der Waals surface area (Å²) in [4.78, 5) is 21.4. The first kappa shape index (κ1) is 22.5. The van der Waals surface area contributed by atoms with E-state index in [2.05, 4.69) is 30.5 Å². The van der Waals surface area contributed by atoms with Crippen molar-refractivity contribution < 1.29 is 18.0 Å². The number of hydrogen-bond acceptors (Lipinski definition) is 3. The number of carbonyl (C=O) groups excluding carboxylic acids is 1. The molecule has 5 rings (SSSR count). The topological polar surface area (TPSA) is 52.9 Å². The number of halogens is 4. The second kappa shape index (κ2) is 8.83. The van der Waals surface area contributed by atoms with E-state index in [1.165, 1.54) is 18.2 Å². The van der Waals surface area contributed by atoms with Crippen molar-refractivity contribution in [2.45, 2.75) is 12.6 Å². The Morgan fingerprint density at radius 1 is 0.971 bits per heavy atom. The van der Waals surface area contributed by atoms with Crippen molar-refractivity contribution in [3.8, 4) is 0 Å². The second-order valence-corrected chi connectivity index (χ2v) is 9.05. The van der Waals surface area contributed by atoms with Gasteiger partial charge in [0, 0.05) is 36.8 Å². The van der Waals surface area contributed by atoms with Crippen LogP contribution in [0.1, 0.15) is 12.0 Å². The summed E-state index contributed by atoms with van der Waals surface area (Å²) in [6.45, 7) is 2.00. The number of hydrogen-bond donors (Lipinski definition) is 1. The molecule has 2 aromatic heterocycles. The van der Waals surface area contributed by atoms with Crippen molar-refractivity contribution in [2.24, 2.45) is 0 Å². The predicted octanol–water partition coefficient (Wildman–Crippen LogP) is 6.01. The van der Waals surface area contributed by atoms with Gasteiger partial charge >= 0.3 is 12.2 Å². The lowest BCUT2D eigenvalue weighted by atomic mass is 10.1. The molecule has 1 aliphatic heterocycles. The Morgan fingerprint density at radius 3 is 2.62 bits per heavy atom. The predicted molar refractivity (Wildman–Crippen MR) is 129 cm³/mol. The standard InChI is InChI=1S/C24H21BrF3N5O/c25-16-8-9-20-19(15-16)29-22(21-7-3-12-33(20)21)31-10-4-11-32(14-13-31)23(34)30-18-6-2-1-5-17(18)24(26,27)28/h1-3,5-9,12,15H,4,10-11,13-14H2,(H,30,34). The number of benzene rings is 2. The molecule has 1 N–H and O–H groups in total. The molecule has 1 saturated heterocycles. The number of nitrogens with one attached hydrogen (secondary N) is 1. The highest BCUT2D eigenvalue weighted by molar-refractivity contribution is 9.10. The number of anilines is 2. The minimum Gasteiger partial charge on any atom is -0.353 e. The zero-order chi connectivity index (χ0) is 23.9. The summed E-state index contributed by atoms with van der Waals surface area (Å²) in [5, 5.41) is 2.45. The summed E-state index contributed by atoms with van der Waals surface area (Å²) in [5.41, 5.74) is 1.70. The van der Waals surface area contributed by atoms with Gasteiger partial charge in [0.05, 0.1) is 27.8 Å². The van der Waals surface area contributed by atoms with Crippen LogP contribution in [0.15, 0.2) is 65.3 Å². The van der Waals surface area contributed by atoms with E-state index in [4.69, 9.17) is 4.98 Å². The van der Waals surface area contributed by atoms with Crippen molar-refractivity contribution in [3.63, 3.8) is 0 Å². The maximum atomic E-state index is 13.3. The molecule has 1 aliphatic rings. The quantitative estimate of drug-likeness (QED) is 0.344. The van der Waals surface area contributed by atoms with Gasteiger partial charge < -0.3 is 19.5 Å². The molecule has 0 radical (unpaired) electrons. The molecule has 6 nitrogen and oxygen atoms in total. The molecule has 176 valence electrons. The van der Waals surface area contributed by atoms with E-state index in [1.807, 2.05) is 36.5 Å². The summed E-state index contributed by atoms with van der Waals surface area (Å²) < 4.78 is 42.9. The molecule has 10 heteroatoms.